The molecule has 0 bridgehead atoms. The second kappa shape index (κ2) is 8.81. The van der Waals surface area contributed by atoms with E-state index in [2.05, 4.69) is 5.10 Å². The highest BCUT2D eigenvalue weighted by Gasteiger charge is 2.28. The molecule has 3 aromatic rings. The number of carbonyl (C=O) groups excluding carboxylic acids is 1. The number of fused-ring (bicyclic) bond motifs is 1. The molecule has 2 aromatic carbocycles. The van der Waals surface area contributed by atoms with Gasteiger partial charge in [-0.3, -0.25) is 9.48 Å². The zero-order chi connectivity index (χ0) is 22.0. The second-order valence-corrected chi connectivity index (χ2v) is 7.68. The maximum atomic E-state index is 13.7. The molecular weight excluding hydrogens is 394 g/mol. The van der Waals surface area contributed by atoms with E-state index in [1.54, 1.807) is 7.11 Å². The summed E-state index contributed by atoms with van der Waals surface area (Å²) in [4.78, 5) is 15.5. The molecule has 0 aliphatic carbocycles. The van der Waals surface area contributed by atoms with Crippen LogP contribution in [-0.4, -0.2) is 34.5 Å². The number of hydrogen-bond acceptors (Lipinski definition) is 5. The topological polar surface area (TPSA) is 65.8 Å². The van der Waals surface area contributed by atoms with Gasteiger partial charge in [-0.1, -0.05) is 36.4 Å². The summed E-state index contributed by atoms with van der Waals surface area (Å²) in [7, 11) is 3.48. The fraction of sp³-hybridized carbons (Fsp3) is 0.333. The van der Waals surface area contributed by atoms with Gasteiger partial charge in [0.05, 0.1) is 5.69 Å². The Hall–Kier alpha value is -3.32. The molecule has 1 aliphatic heterocycles. The third-order valence-corrected chi connectivity index (χ3v) is 5.69. The summed E-state index contributed by atoms with van der Waals surface area (Å²) >= 11 is 0. The third kappa shape index (κ3) is 4.27. The van der Waals surface area contributed by atoms with Crippen LogP contribution in [0.15, 0.2) is 48.5 Å². The molecule has 4 rings (SSSR count). The largest absolute Gasteiger partial charge is 0.454 e. The van der Waals surface area contributed by atoms with Gasteiger partial charge in [-0.05, 0) is 37.1 Å². The predicted octanol–water partition coefficient (Wildman–Crippen LogP) is 3.68. The third-order valence-electron chi connectivity index (χ3n) is 5.69. The second-order valence-electron chi connectivity index (χ2n) is 7.68. The lowest BCUT2D eigenvalue weighted by Gasteiger charge is -2.27. The Morgan fingerprint density at radius 3 is 2.55 bits per heavy atom. The van der Waals surface area contributed by atoms with E-state index in [4.69, 9.17) is 14.2 Å². The van der Waals surface area contributed by atoms with Gasteiger partial charge in [0, 0.05) is 38.5 Å². The van der Waals surface area contributed by atoms with Crippen molar-refractivity contribution < 1.29 is 19.0 Å². The average Bonchev–Trinajstić information content (AvgIpc) is 3.33. The first kappa shape index (κ1) is 20.9. The molecule has 2 heterocycles. The molecule has 0 saturated heterocycles. The molecule has 1 aromatic heterocycles. The van der Waals surface area contributed by atoms with Crippen LogP contribution in [0, 0.1) is 13.8 Å². The van der Waals surface area contributed by atoms with Gasteiger partial charge < -0.3 is 19.1 Å². The van der Waals surface area contributed by atoms with E-state index < -0.39 is 6.10 Å². The molecule has 31 heavy (non-hydrogen) atoms. The van der Waals surface area contributed by atoms with Gasteiger partial charge in [0.2, 0.25) is 6.79 Å². The highest BCUT2D eigenvalue weighted by Crippen LogP contribution is 2.33. The Morgan fingerprint density at radius 1 is 1.13 bits per heavy atom. The number of hydrogen-bond donors (Lipinski definition) is 0. The number of nitrogens with zero attached hydrogens (tertiary/aromatic N) is 3. The van der Waals surface area contributed by atoms with E-state index >= 15 is 0 Å². The van der Waals surface area contributed by atoms with Crippen LogP contribution in [0.25, 0.3) is 0 Å². The van der Waals surface area contributed by atoms with E-state index in [1.165, 1.54) is 0 Å². The number of aromatic nitrogens is 2. The van der Waals surface area contributed by atoms with E-state index in [0.717, 1.165) is 33.8 Å². The highest BCUT2D eigenvalue weighted by atomic mass is 16.7. The van der Waals surface area contributed by atoms with Crippen molar-refractivity contribution in [2.24, 2.45) is 7.05 Å². The maximum Gasteiger partial charge on any atom is 0.256 e. The van der Waals surface area contributed by atoms with Crippen molar-refractivity contribution in [3.8, 4) is 11.5 Å². The smallest absolute Gasteiger partial charge is 0.256 e. The van der Waals surface area contributed by atoms with Crippen molar-refractivity contribution >= 4 is 5.91 Å². The summed E-state index contributed by atoms with van der Waals surface area (Å²) in [6.07, 6.45) is -0.688. The molecule has 162 valence electrons. The van der Waals surface area contributed by atoms with Crippen LogP contribution in [0.1, 0.15) is 34.2 Å². The van der Waals surface area contributed by atoms with Crippen LogP contribution >= 0.6 is 0 Å². The van der Waals surface area contributed by atoms with Crippen molar-refractivity contribution in [2.45, 2.75) is 33.0 Å². The molecule has 1 amide bonds. The molecule has 7 nitrogen and oxygen atoms in total. The van der Waals surface area contributed by atoms with Crippen molar-refractivity contribution in [1.29, 1.82) is 0 Å². The molecule has 0 N–H and O–H groups in total. The summed E-state index contributed by atoms with van der Waals surface area (Å²) in [5.74, 6) is 1.32. The van der Waals surface area contributed by atoms with Crippen molar-refractivity contribution in [2.75, 3.05) is 13.9 Å². The van der Waals surface area contributed by atoms with Crippen LogP contribution in [0.2, 0.25) is 0 Å². The summed E-state index contributed by atoms with van der Waals surface area (Å²) in [6, 6.07) is 15.3. The van der Waals surface area contributed by atoms with Crippen LogP contribution in [0.5, 0.6) is 11.5 Å². The quantitative estimate of drug-likeness (QED) is 0.582. The van der Waals surface area contributed by atoms with E-state index in [1.807, 2.05) is 79.0 Å². The summed E-state index contributed by atoms with van der Waals surface area (Å²) in [6.45, 7) is 5.05. The van der Waals surface area contributed by atoms with Gasteiger partial charge in [-0.15, -0.1) is 0 Å². The van der Waals surface area contributed by atoms with Crippen molar-refractivity contribution in [3.63, 3.8) is 0 Å². The summed E-state index contributed by atoms with van der Waals surface area (Å²) in [5.41, 5.74) is 4.77. The molecule has 0 spiro atoms. The Morgan fingerprint density at radius 2 is 1.87 bits per heavy atom. The van der Waals surface area contributed by atoms with Crippen LogP contribution in [-0.2, 0) is 29.7 Å². The van der Waals surface area contributed by atoms with Crippen molar-refractivity contribution in [3.05, 3.63) is 76.6 Å². The highest BCUT2D eigenvalue weighted by molar-refractivity contribution is 5.82. The fourth-order valence-corrected chi connectivity index (χ4v) is 3.88. The molecular formula is C24H27N3O4. The molecule has 0 unspecified atom stereocenters. The standard InChI is InChI=1S/C24H27N3O4/c1-16-20(17(2)26(3)25-16)14-27(13-18-10-11-21-22(12-18)31-15-30-21)24(28)23(29-4)19-8-6-5-7-9-19/h5-12,23H,13-15H2,1-4H3/t23-/m0/s1. The fourth-order valence-electron chi connectivity index (χ4n) is 3.88. The molecule has 7 heteroatoms. The van der Waals surface area contributed by atoms with Crippen LogP contribution in [0.3, 0.4) is 0 Å². The van der Waals surface area contributed by atoms with Gasteiger partial charge in [0.15, 0.2) is 17.6 Å². The lowest BCUT2D eigenvalue weighted by Crippen LogP contribution is -2.35. The SMILES string of the molecule is CO[C@H](C(=O)N(Cc1ccc2c(c1)OCO2)Cc1c(C)nn(C)c1C)c1ccccc1. The van der Waals surface area contributed by atoms with Crippen LogP contribution in [0.4, 0.5) is 0 Å². The number of aryl methyl sites for hydroxylation is 2. The van der Waals surface area contributed by atoms with E-state index in [0.29, 0.717) is 18.8 Å². The van der Waals surface area contributed by atoms with Gasteiger partial charge >= 0.3 is 0 Å². The number of ether oxygens (including phenoxy) is 3. The maximum absolute atomic E-state index is 13.7. The monoisotopic (exact) mass is 421 g/mol. The molecule has 0 saturated carbocycles. The van der Waals surface area contributed by atoms with Gasteiger partial charge in [-0.2, -0.15) is 5.10 Å². The molecule has 1 atom stereocenters. The number of rotatable bonds is 7. The first-order valence-corrected chi connectivity index (χ1v) is 10.2. The number of carbonyl (C=O) groups is 1. The summed E-state index contributed by atoms with van der Waals surface area (Å²) in [5, 5.41) is 4.51. The lowest BCUT2D eigenvalue weighted by atomic mass is 10.1. The molecule has 1 aliphatic rings. The average molecular weight is 421 g/mol. The minimum absolute atomic E-state index is 0.103. The predicted molar refractivity (Wildman–Crippen MR) is 116 cm³/mol. The van der Waals surface area contributed by atoms with E-state index in [9.17, 15) is 4.79 Å². The van der Waals surface area contributed by atoms with Crippen LogP contribution < -0.4 is 9.47 Å². The summed E-state index contributed by atoms with van der Waals surface area (Å²) < 4.78 is 18.4. The Labute approximate surface area is 182 Å². The van der Waals surface area contributed by atoms with Gasteiger partial charge in [-0.25, -0.2) is 0 Å². The minimum atomic E-state index is -0.688. The Kier molecular flexibility index (Phi) is 5.95. The Bertz CT molecular complexity index is 1080. The number of methoxy groups -OCH3 is 1. The first-order chi connectivity index (χ1) is 15.0. The molecule has 0 fully saturated rings. The van der Waals surface area contributed by atoms with E-state index in [-0.39, 0.29) is 12.7 Å². The normalized spacial score (nSPS) is 13.3. The first-order valence-electron chi connectivity index (χ1n) is 10.2. The number of benzene rings is 2. The Balaban J connectivity index is 1.66. The lowest BCUT2D eigenvalue weighted by molar-refractivity contribution is -0.143. The zero-order valence-corrected chi connectivity index (χ0v) is 18.3. The molecule has 0 radical (unpaired) electrons. The van der Waals surface area contributed by atoms with Gasteiger partial charge in [0.1, 0.15) is 0 Å². The minimum Gasteiger partial charge on any atom is -0.454 e. The van der Waals surface area contributed by atoms with Gasteiger partial charge in [0.25, 0.3) is 5.91 Å². The zero-order valence-electron chi connectivity index (χ0n) is 18.3. The number of amides is 1. The van der Waals surface area contributed by atoms with Crippen molar-refractivity contribution in [1.82, 2.24) is 14.7 Å².